The predicted molar refractivity (Wildman–Crippen MR) is 82.6 cm³/mol. The average Bonchev–Trinajstić information content (AvgIpc) is 2.88. The van der Waals surface area contributed by atoms with Gasteiger partial charge in [-0.1, -0.05) is 29.8 Å². The first kappa shape index (κ1) is 13.4. The molecule has 0 amide bonds. The molecule has 21 heavy (non-hydrogen) atoms. The fraction of sp³-hybridized carbons (Fsp3) is 0.0714. The molecule has 6 nitrogen and oxygen atoms in total. The zero-order chi connectivity index (χ0) is 14.8. The highest BCUT2D eigenvalue weighted by Crippen LogP contribution is 2.24. The number of hydrogen-bond donors (Lipinski definition) is 2. The Balaban J connectivity index is 1.99. The lowest BCUT2D eigenvalue weighted by atomic mass is 10.1. The van der Waals surface area contributed by atoms with E-state index in [9.17, 15) is 0 Å². The molecule has 0 bridgehead atoms. The summed E-state index contributed by atoms with van der Waals surface area (Å²) < 4.78 is 1.66. The van der Waals surface area contributed by atoms with E-state index in [0.29, 0.717) is 28.8 Å². The lowest BCUT2D eigenvalue weighted by Gasteiger charge is -2.07. The first-order valence-electron chi connectivity index (χ1n) is 6.29. The van der Waals surface area contributed by atoms with Gasteiger partial charge in [-0.05, 0) is 40.3 Å². The number of nitrogens with two attached hydrogens (primary N) is 2. The third-order valence-electron chi connectivity index (χ3n) is 3.05. The summed E-state index contributed by atoms with van der Waals surface area (Å²) in [4.78, 5) is 0. The quantitative estimate of drug-likeness (QED) is 0.723. The van der Waals surface area contributed by atoms with Crippen molar-refractivity contribution >= 4 is 23.0 Å². The van der Waals surface area contributed by atoms with E-state index < -0.39 is 0 Å². The molecular formula is C14H13ClN6. The van der Waals surface area contributed by atoms with Crippen molar-refractivity contribution < 1.29 is 0 Å². The highest BCUT2D eigenvalue weighted by atomic mass is 35.5. The molecule has 3 aromatic rings. The van der Waals surface area contributed by atoms with Gasteiger partial charge in [0.25, 0.3) is 0 Å². The van der Waals surface area contributed by atoms with Crippen LogP contribution in [0.5, 0.6) is 0 Å². The minimum absolute atomic E-state index is 0.469. The fourth-order valence-electron chi connectivity index (χ4n) is 2.11. The van der Waals surface area contributed by atoms with Crippen molar-refractivity contribution in [3.8, 4) is 11.4 Å². The van der Waals surface area contributed by atoms with Crippen LogP contribution in [0.4, 0.5) is 11.4 Å². The van der Waals surface area contributed by atoms with Crippen LogP contribution >= 0.6 is 11.6 Å². The maximum Gasteiger partial charge on any atom is 0.182 e. The maximum absolute atomic E-state index is 6.17. The molecule has 0 saturated carbocycles. The fourth-order valence-corrected chi connectivity index (χ4v) is 2.31. The zero-order valence-corrected chi connectivity index (χ0v) is 11.8. The smallest absolute Gasteiger partial charge is 0.182 e. The first-order valence-corrected chi connectivity index (χ1v) is 6.67. The third kappa shape index (κ3) is 2.80. The molecule has 0 aliphatic heterocycles. The van der Waals surface area contributed by atoms with Crippen LogP contribution in [-0.2, 0) is 6.54 Å². The van der Waals surface area contributed by atoms with Gasteiger partial charge in [-0.15, -0.1) is 5.10 Å². The molecule has 0 radical (unpaired) electrons. The van der Waals surface area contributed by atoms with Crippen molar-refractivity contribution in [2.45, 2.75) is 6.54 Å². The van der Waals surface area contributed by atoms with Crippen molar-refractivity contribution in [3.05, 3.63) is 53.1 Å². The Morgan fingerprint density at radius 2 is 1.76 bits per heavy atom. The standard InChI is InChI=1S/C14H13ClN6/c15-13-4-2-1-3-9(13)8-21-14(18-19-20-21)10-5-11(16)7-12(17)6-10/h1-7H,8,16-17H2. The molecule has 2 aromatic carbocycles. The molecule has 0 aliphatic rings. The van der Waals surface area contributed by atoms with Crippen LogP contribution in [0.3, 0.4) is 0 Å². The molecule has 4 N–H and O–H groups in total. The molecule has 1 heterocycles. The van der Waals surface area contributed by atoms with Crippen LogP contribution in [0.2, 0.25) is 5.02 Å². The van der Waals surface area contributed by atoms with Crippen LogP contribution in [0.1, 0.15) is 5.56 Å². The Hall–Kier alpha value is -2.60. The number of hydrogen-bond acceptors (Lipinski definition) is 5. The summed E-state index contributed by atoms with van der Waals surface area (Å²) in [6.07, 6.45) is 0. The Bertz CT molecular complexity index is 762. The summed E-state index contributed by atoms with van der Waals surface area (Å²) in [7, 11) is 0. The van der Waals surface area contributed by atoms with Gasteiger partial charge in [-0.25, -0.2) is 4.68 Å². The van der Waals surface area contributed by atoms with E-state index in [-0.39, 0.29) is 0 Å². The van der Waals surface area contributed by atoms with Gasteiger partial charge in [0.15, 0.2) is 5.82 Å². The molecule has 106 valence electrons. The van der Waals surface area contributed by atoms with Crippen LogP contribution in [0, 0.1) is 0 Å². The molecule has 1 aromatic heterocycles. The average molecular weight is 301 g/mol. The molecular weight excluding hydrogens is 288 g/mol. The molecule has 3 rings (SSSR count). The Morgan fingerprint density at radius 3 is 2.48 bits per heavy atom. The van der Waals surface area contributed by atoms with Crippen molar-refractivity contribution in [2.75, 3.05) is 11.5 Å². The van der Waals surface area contributed by atoms with Crippen molar-refractivity contribution in [1.29, 1.82) is 0 Å². The number of aromatic nitrogens is 4. The van der Waals surface area contributed by atoms with Gasteiger partial charge >= 0.3 is 0 Å². The predicted octanol–water partition coefficient (Wildman–Crippen LogP) is 2.21. The van der Waals surface area contributed by atoms with E-state index >= 15 is 0 Å². The second-order valence-electron chi connectivity index (χ2n) is 4.64. The number of tetrazole rings is 1. The third-order valence-corrected chi connectivity index (χ3v) is 3.41. The van der Waals surface area contributed by atoms with E-state index in [2.05, 4.69) is 15.5 Å². The van der Waals surface area contributed by atoms with Crippen LogP contribution in [0.15, 0.2) is 42.5 Å². The van der Waals surface area contributed by atoms with E-state index in [1.165, 1.54) is 0 Å². The minimum Gasteiger partial charge on any atom is -0.399 e. The number of nitrogens with zero attached hydrogens (tertiary/aromatic N) is 4. The second kappa shape index (κ2) is 5.41. The molecule has 0 atom stereocenters. The number of nitrogen functional groups attached to an aromatic ring is 2. The lowest BCUT2D eigenvalue weighted by molar-refractivity contribution is 0.653. The number of benzene rings is 2. The molecule has 7 heteroatoms. The van der Waals surface area contributed by atoms with Gasteiger partial charge in [-0.2, -0.15) is 0 Å². The number of anilines is 2. The topological polar surface area (TPSA) is 95.6 Å². The Kier molecular flexibility index (Phi) is 3.45. The van der Waals surface area contributed by atoms with Crippen LogP contribution in [0.25, 0.3) is 11.4 Å². The number of rotatable bonds is 3. The summed E-state index contributed by atoms with van der Waals surface area (Å²) >= 11 is 6.17. The highest BCUT2D eigenvalue weighted by Gasteiger charge is 2.11. The normalized spacial score (nSPS) is 10.7. The van der Waals surface area contributed by atoms with E-state index in [1.54, 1.807) is 22.9 Å². The summed E-state index contributed by atoms with van der Waals surface area (Å²) in [5.74, 6) is 0.592. The van der Waals surface area contributed by atoms with Crippen LogP contribution in [-0.4, -0.2) is 20.2 Å². The summed E-state index contributed by atoms with van der Waals surface area (Å²) in [6, 6.07) is 12.8. The molecule has 0 saturated heterocycles. The molecule has 0 fully saturated rings. The first-order chi connectivity index (χ1) is 10.1. The van der Waals surface area contributed by atoms with Crippen molar-refractivity contribution in [1.82, 2.24) is 20.2 Å². The number of halogens is 1. The SMILES string of the molecule is Nc1cc(N)cc(-c2nnnn2Cc2ccccc2Cl)c1. The van der Waals surface area contributed by atoms with Gasteiger partial charge in [-0.3, -0.25) is 0 Å². The maximum atomic E-state index is 6.17. The lowest BCUT2D eigenvalue weighted by Crippen LogP contribution is -2.05. The van der Waals surface area contributed by atoms with Gasteiger partial charge in [0.1, 0.15) is 0 Å². The highest BCUT2D eigenvalue weighted by molar-refractivity contribution is 6.31. The van der Waals surface area contributed by atoms with Crippen molar-refractivity contribution in [2.24, 2.45) is 0 Å². The van der Waals surface area contributed by atoms with Crippen molar-refractivity contribution in [3.63, 3.8) is 0 Å². The molecule has 0 aliphatic carbocycles. The van der Waals surface area contributed by atoms with E-state index in [4.69, 9.17) is 23.1 Å². The summed E-state index contributed by atoms with van der Waals surface area (Å²) in [5.41, 5.74) is 14.5. The Morgan fingerprint density at radius 1 is 1.05 bits per heavy atom. The monoisotopic (exact) mass is 300 g/mol. The molecule has 0 spiro atoms. The Labute approximate surface area is 126 Å². The summed E-state index contributed by atoms with van der Waals surface area (Å²) in [6.45, 7) is 0.469. The van der Waals surface area contributed by atoms with E-state index in [0.717, 1.165) is 11.1 Å². The minimum atomic E-state index is 0.469. The van der Waals surface area contributed by atoms with Gasteiger partial charge in [0, 0.05) is 22.0 Å². The van der Waals surface area contributed by atoms with Gasteiger partial charge in [0.05, 0.1) is 6.54 Å². The second-order valence-corrected chi connectivity index (χ2v) is 5.05. The van der Waals surface area contributed by atoms with Gasteiger partial charge < -0.3 is 11.5 Å². The van der Waals surface area contributed by atoms with Gasteiger partial charge in [0.2, 0.25) is 0 Å². The summed E-state index contributed by atoms with van der Waals surface area (Å²) in [5, 5.41) is 12.4. The molecule has 0 unspecified atom stereocenters. The zero-order valence-electron chi connectivity index (χ0n) is 11.1. The van der Waals surface area contributed by atoms with E-state index in [1.807, 2.05) is 24.3 Å². The van der Waals surface area contributed by atoms with Crippen LogP contribution < -0.4 is 11.5 Å². The largest absolute Gasteiger partial charge is 0.399 e.